The van der Waals surface area contributed by atoms with Gasteiger partial charge in [-0.1, -0.05) is 24.3 Å². The third kappa shape index (κ3) is 2.10. The van der Waals surface area contributed by atoms with E-state index in [-0.39, 0.29) is 11.1 Å². The predicted octanol–water partition coefficient (Wildman–Crippen LogP) is 2.90. The number of carbonyl (C=O) groups is 1. The van der Waals surface area contributed by atoms with Crippen molar-refractivity contribution in [2.75, 3.05) is 0 Å². The summed E-state index contributed by atoms with van der Waals surface area (Å²) in [5.74, 6) is -2.17. The summed E-state index contributed by atoms with van der Waals surface area (Å²) in [6.07, 6.45) is 0. The second-order valence-electron chi connectivity index (χ2n) is 3.52. The molecule has 0 fully saturated rings. The van der Waals surface area contributed by atoms with E-state index in [2.05, 4.69) is 0 Å². The Morgan fingerprint density at radius 1 is 1.06 bits per heavy atom. The molecule has 0 saturated heterocycles. The zero-order valence-electron chi connectivity index (χ0n) is 8.72. The monoisotopic (exact) mass is 232 g/mol. The molecule has 0 aliphatic heterocycles. The molecule has 0 aliphatic rings. The summed E-state index contributed by atoms with van der Waals surface area (Å²) >= 11 is 0. The lowest BCUT2D eigenvalue weighted by atomic mass is 10.0. The summed E-state index contributed by atoms with van der Waals surface area (Å²) < 4.78 is 13.6. The van der Waals surface area contributed by atoms with Crippen molar-refractivity contribution in [1.29, 1.82) is 0 Å². The van der Waals surface area contributed by atoms with Gasteiger partial charge in [0.15, 0.2) is 11.6 Å². The number of phenolic OH excluding ortho intramolecular Hbond substituents is 1. The summed E-state index contributed by atoms with van der Waals surface area (Å²) in [6, 6.07) is 10.1. The SMILES string of the molecule is O=C(O)c1ccc(-c2cccc(O)c2F)cc1. The largest absolute Gasteiger partial charge is 0.505 e. The lowest BCUT2D eigenvalue weighted by Gasteiger charge is -2.05. The molecular weight excluding hydrogens is 223 g/mol. The average molecular weight is 232 g/mol. The fourth-order valence-electron chi connectivity index (χ4n) is 1.54. The number of benzene rings is 2. The fourth-order valence-corrected chi connectivity index (χ4v) is 1.54. The van der Waals surface area contributed by atoms with E-state index in [0.29, 0.717) is 5.56 Å². The molecule has 0 unspecified atom stereocenters. The lowest BCUT2D eigenvalue weighted by molar-refractivity contribution is 0.0697. The Morgan fingerprint density at radius 2 is 1.71 bits per heavy atom. The number of rotatable bonds is 2. The number of carboxylic acid groups (broad SMARTS) is 1. The normalized spacial score (nSPS) is 10.2. The van der Waals surface area contributed by atoms with Gasteiger partial charge in [-0.25, -0.2) is 9.18 Å². The quantitative estimate of drug-likeness (QED) is 0.836. The Labute approximate surface area is 96.8 Å². The molecule has 0 spiro atoms. The fraction of sp³-hybridized carbons (Fsp3) is 0. The number of carboxylic acids is 1. The highest BCUT2D eigenvalue weighted by Crippen LogP contribution is 2.28. The number of hydrogen-bond acceptors (Lipinski definition) is 2. The van der Waals surface area contributed by atoms with E-state index in [4.69, 9.17) is 5.11 Å². The number of aromatic carboxylic acids is 1. The van der Waals surface area contributed by atoms with Crippen LogP contribution in [0.4, 0.5) is 4.39 Å². The third-order valence-corrected chi connectivity index (χ3v) is 2.42. The maximum absolute atomic E-state index is 13.6. The molecule has 0 heterocycles. The summed E-state index contributed by atoms with van der Waals surface area (Å²) in [4.78, 5) is 10.7. The van der Waals surface area contributed by atoms with Gasteiger partial charge in [0.1, 0.15) is 0 Å². The van der Waals surface area contributed by atoms with E-state index in [1.54, 1.807) is 0 Å². The first-order valence-corrected chi connectivity index (χ1v) is 4.91. The molecule has 2 aromatic carbocycles. The van der Waals surface area contributed by atoms with Crippen molar-refractivity contribution in [2.24, 2.45) is 0 Å². The van der Waals surface area contributed by atoms with E-state index in [1.807, 2.05) is 0 Å². The number of halogens is 1. The lowest BCUT2D eigenvalue weighted by Crippen LogP contribution is -1.95. The van der Waals surface area contributed by atoms with E-state index in [9.17, 15) is 14.3 Å². The molecule has 3 nitrogen and oxygen atoms in total. The van der Waals surface area contributed by atoms with Gasteiger partial charge in [0.25, 0.3) is 0 Å². The van der Waals surface area contributed by atoms with Crippen LogP contribution < -0.4 is 0 Å². The number of phenols is 1. The summed E-state index contributed by atoms with van der Waals surface area (Å²) in [5, 5.41) is 18.0. The molecule has 0 atom stereocenters. The molecule has 2 N–H and O–H groups in total. The maximum Gasteiger partial charge on any atom is 0.335 e. The van der Waals surface area contributed by atoms with Crippen LogP contribution in [0.1, 0.15) is 10.4 Å². The van der Waals surface area contributed by atoms with Gasteiger partial charge in [0.2, 0.25) is 0 Å². The molecule has 0 aliphatic carbocycles. The van der Waals surface area contributed by atoms with Gasteiger partial charge in [0, 0.05) is 5.56 Å². The van der Waals surface area contributed by atoms with Crippen LogP contribution in [0.3, 0.4) is 0 Å². The second kappa shape index (κ2) is 4.25. The molecular formula is C13H9FO3. The van der Waals surface area contributed by atoms with Crippen LogP contribution in [0.5, 0.6) is 5.75 Å². The first-order chi connectivity index (χ1) is 8.09. The maximum atomic E-state index is 13.6. The van der Waals surface area contributed by atoms with Crippen molar-refractivity contribution >= 4 is 5.97 Å². The summed E-state index contributed by atoms with van der Waals surface area (Å²) in [7, 11) is 0. The minimum Gasteiger partial charge on any atom is -0.505 e. The van der Waals surface area contributed by atoms with Crippen LogP contribution in [-0.2, 0) is 0 Å². The van der Waals surface area contributed by atoms with Gasteiger partial charge < -0.3 is 10.2 Å². The smallest absolute Gasteiger partial charge is 0.335 e. The van der Waals surface area contributed by atoms with Crippen molar-refractivity contribution in [3.8, 4) is 16.9 Å². The molecule has 4 heteroatoms. The van der Waals surface area contributed by atoms with Crippen molar-refractivity contribution in [1.82, 2.24) is 0 Å². The van der Waals surface area contributed by atoms with Crippen LogP contribution in [0.25, 0.3) is 11.1 Å². The topological polar surface area (TPSA) is 57.5 Å². The molecule has 0 amide bonds. The number of hydrogen-bond donors (Lipinski definition) is 2. The Balaban J connectivity index is 2.47. The first-order valence-electron chi connectivity index (χ1n) is 4.91. The molecule has 0 saturated carbocycles. The van der Waals surface area contributed by atoms with Gasteiger partial charge in [-0.05, 0) is 23.8 Å². The van der Waals surface area contributed by atoms with E-state index < -0.39 is 17.5 Å². The van der Waals surface area contributed by atoms with Gasteiger partial charge in [-0.15, -0.1) is 0 Å². The van der Waals surface area contributed by atoms with E-state index in [0.717, 1.165) is 0 Å². The molecule has 0 radical (unpaired) electrons. The van der Waals surface area contributed by atoms with Crippen LogP contribution in [-0.4, -0.2) is 16.2 Å². The van der Waals surface area contributed by atoms with Crippen LogP contribution >= 0.6 is 0 Å². The van der Waals surface area contributed by atoms with E-state index >= 15 is 0 Å². The van der Waals surface area contributed by atoms with Crippen LogP contribution in [0, 0.1) is 5.82 Å². The predicted molar refractivity (Wildman–Crippen MR) is 60.5 cm³/mol. The third-order valence-electron chi connectivity index (χ3n) is 2.42. The van der Waals surface area contributed by atoms with Gasteiger partial charge in [-0.2, -0.15) is 0 Å². The molecule has 2 aromatic rings. The summed E-state index contributed by atoms with van der Waals surface area (Å²) in [6.45, 7) is 0. The van der Waals surface area contributed by atoms with Gasteiger partial charge in [0.05, 0.1) is 5.56 Å². The molecule has 86 valence electrons. The van der Waals surface area contributed by atoms with Crippen molar-refractivity contribution < 1.29 is 19.4 Å². The zero-order chi connectivity index (χ0) is 12.4. The van der Waals surface area contributed by atoms with Crippen molar-refractivity contribution in [3.63, 3.8) is 0 Å². The molecule has 0 bridgehead atoms. The minimum absolute atomic E-state index is 0.134. The van der Waals surface area contributed by atoms with Crippen molar-refractivity contribution in [2.45, 2.75) is 0 Å². The Kier molecular flexibility index (Phi) is 2.78. The highest BCUT2D eigenvalue weighted by atomic mass is 19.1. The highest BCUT2D eigenvalue weighted by molar-refractivity contribution is 5.88. The average Bonchev–Trinajstić information content (AvgIpc) is 2.33. The Hall–Kier alpha value is -2.36. The molecule has 0 aromatic heterocycles. The zero-order valence-corrected chi connectivity index (χ0v) is 8.72. The van der Waals surface area contributed by atoms with E-state index in [1.165, 1.54) is 42.5 Å². The van der Waals surface area contributed by atoms with Crippen molar-refractivity contribution in [3.05, 3.63) is 53.8 Å². The number of aromatic hydroxyl groups is 1. The van der Waals surface area contributed by atoms with Crippen LogP contribution in [0.15, 0.2) is 42.5 Å². The highest BCUT2D eigenvalue weighted by Gasteiger charge is 2.09. The van der Waals surface area contributed by atoms with Crippen LogP contribution in [0.2, 0.25) is 0 Å². The molecule has 2 rings (SSSR count). The van der Waals surface area contributed by atoms with Gasteiger partial charge >= 0.3 is 5.97 Å². The first kappa shape index (κ1) is 11.1. The second-order valence-corrected chi connectivity index (χ2v) is 3.52. The summed E-state index contributed by atoms with van der Waals surface area (Å²) in [5.41, 5.74) is 0.889. The molecule has 17 heavy (non-hydrogen) atoms. The Bertz CT molecular complexity index is 561. The van der Waals surface area contributed by atoms with Gasteiger partial charge in [-0.3, -0.25) is 0 Å². The standard InChI is InChI=1S/C13H9FO3/c14-12-10(2-1-3-11(12)15)8-4-6-9(7-5-8)13(16)17/h1-7,15H,(H,16,17). The minimum atomic E-state index is -1.03. The Morgan fingerprint density at radius 3 is 2.29 bits per heavy atom.